The number of nitrogens with zero attached hydrogens (tertiary/aromatic N) is 4. The lowest BCUT2D eigenvalue weighted by molar-refractivity contribution is 0.0899. The molecule has 3 aromatic heterocycles. The zero-order valence-corrected chi connectivity index (χ0v) is 14.9. The molecule has 3 heterocycles. The molecule has 23 heavy (non-hydrogen) atoms. The highest BCUT2D eigenvalue weighted by Crippen LogP contribution is 2.25. The molecule has 0 fully saturated rings. The van der Waals surface area contributed by atoms with Crippen LogP contribution in [0.5, 0.6) is 0 Å². The fraction of sp³-hybridized carbons (Fsp3) is 0.353. The van der Waals surface area contributed by atoms with Gasteiger partial charge in [0.15, 0.2) is 0 Å². The Hall–Kier alpha value is -2.05. The maximum absolute atomic E-state index is 5.84. The Kier molecular flexibility index (Phi) is 4.54. The maximum atomic E-state index is 5.84. The van der Waals surface area contributed by atoms with Crippen LogP contribution in [0.25, 0.3) is 22.3 Å². The van der Waals surface area contributed by atoms with Gasteiger partial charge in [0, 0.05) is 44.2 Å². The Balaban J connectivity index is 1.79. The number of fused-ring (bicyclic) bond motifs is 1. The monoisotopic (exact) mass is 326 g/mol. The fourth-order valence-electron chi connectivity index (χ4n) is 2.39. The topological polar surface area (TPSA) is 52.8 Å². The van der Waals surface area contributed by atoms with Crippen LogP contribution in [0, 0.1) is 0 Å². The molecule has 5 nitrogen and oxygen atoms in total. The Bertz CT molecular complexity index is 780. The first-order valence-electron chi connectivity index (χ1n) is 7.82. The van der Waals surface area contributed by atoms with Crippen molar-refractivity contribution in [3.05, 3.63) is 43.1 Å². The molecule has 0 aliphatic rings. The highest BCUT2D eigenvalue weighted by Gasteiger charge is 2.13. The van der Waals surface area contributed by atoms with Crippen molar-refractivity contribution >= 4 is 19.1 Å². The Morgan fingerprint density at radius 1 is 1.09 bits per heavy atom. The summed E-state index contributed by atoms with van der Waals surface area (Å²) in [5, 5.41) is 1.03. The number of hydrogen-bond acceptors (Lipinski definition) is 4. The third-order valence-corrected chi connectivity index (χ3v) is 5.44. The van der Waals surface area contributed by atoms with Crippen LogP contribution in [0.4, 0.5) is 0 Å². The van der Waals surface area contributed by atoms with E-state index in [-0.39, 0.29) is 0 Å². The van der Waals surface area contributed by atoms with Gasteiger partial charge in [-0.15, -0.1) is 0 Å². The summed E-state index contributed by atoms with van der Waals surface area (Å²) in [5.41, 5.74) is 2.88. The lowest BCUT2D eigenvalue weighted by Crippen LogP contribution is -2.22. The molecular weight excluding hydrogens is 304 g/mol. The van der Waals surface area contributed by atoms with E-state index in [4.69, 9.17) is 4.74 Å². The van der Waals surface area contributed by atoms with Crippen molar-refractivity contribution in [2.24, 2.45) is 0 Å². The predicted molar refractivity (Wildman–Crippen MR) is 94.9 cm³/mol. The minimum Gasteiger partial charge on any atom is -0.361 e. The molecule has 0 N–H and O–H groups in total. The molecule has 0 unspecified atom stereocenters. The fourth-order valence-corrected chi connectivity index (χ4v) is 3.15. The Morgan fingerprint density at radius 2 is 1.87 bits per heavy atom. The summed E-state index contributed by atoms with van der Waals surface area (Å²) in [7, 11) is -1.05. The third kappa shape index (κ3) is 3.83. The number of ether oxygens (including phenoxy) is 1. The highest BCUT2D eigenvalue weighted by atomic mass is 28.3. The van der Waals surface area contributed by atoms with Crippen molar-refractivity contribution in [3.8, 4) is 11.3 Å². The van der Waals surface area contributed by atoms with Crippen molar-refractivity contribution in [1.82, 2.24) is 19.5 Å². The summed E-state index contributed by atoms with van der Waals surface area (Å²) >= 11 is 0. The number of hydrogen-bond donors (Lipinski definition) is 0. The van der Waals surface area contributed by atoms with Gasteiger partial charge in [-0.25, -0.2) is 9.97 Å². The summed E-state index contributed by atoms with van der Waals surface area (Å²) in [6.07, 6.45) is 7.18. The summed E-state index contributed by atoms with van der Waals surface area (Å²) in [4.78, 5) is 12.9. The Labute approximate surface area is 137 Å². The quantitative estimate of drug-likeness (QED) is 0.510. The molecule has 0 atom stereocenters. The number of pyridine rings is 1. The van der Waals surface area contributed by atoms with Crippen LogP contribution in [-0.4, -0.2) is 34.2 Å². The van der Waals surface area contributed by atoms with Gasteiger partial charge < -0.3 is 9.30 Å². The average molecular weight is 326 g/mol. The molecule has 0 aliphatic heterocycles. The SMILES string of the molecule is C[Si](C)(C)CCOCn1ccc2c(-c3ccncc3)ncnc21. The van der Waals surface area contributed by atoms with E-state index in [1.807, 2.05) is 29.0 Å². The van der Waals surface area contributed by atoms with Gasteiger partial charge in [0.25, 0.3) is 0 Å². The summed E-state index contributed by atoms with van der Waals surface area (Å²) in [6, 6.07) is 7.14. The van der Waals surface area contributed by atoms with Crippen LogP contribution in [0.1, 0.15) is 0 Å². The summed E-state index contributed by atoms with van der Waals surface area (Å²) in [5.74, 6) is 0. The van der Waals surface area contributed by atoms with E-state index >= 15 is 0 Å². The van der Waals surface area contributed by atoms with Gasteiger partial charge in [0.2, 0.25) is 0 Å². The van der Waals surface area contributed by atoms with Crippen molar-refractivity contribution in [3.63, 3.8) is 0 Å². The molecule has 0 radical (unpaired) electrons. The van der Waals surface area contributed by atoms with E-state index in [1.165, 1.54) is 6.04 Å². The zero-order valence-electron chi connectivity index (χ0n) is 13.9. The first-order valence-corrected chi connectivity index (χ1v) is 11.5. The average Bonchev–Trinajstić information content (AvgIpc) is 2.95. The van der Waals surface area contributed by atoms with Gasteiger partial charge in [0.05, 0.1) is 5.69 Å². The lowest BCUT2D eigenvalue weighted by atomic mass is 10.1. The molecule has 0 bridgehead atoms. The summed E-state index contributed by atoms with van der Waals surface area (Å²) < 4.78 is 7.87. The van der Waals surface area contributed by atoms with Crippen LogP contribution >= 0.6 is 0 Å². The first-order chi connectivity index (χ1) is 11.0. The van der Waals surface area contributed by atoms with Crippen LogP contribution in [-0.2, 0) is 11.5 Å². The molecule has 0 saturated carbocycles. The first kappa shape index (κ1) is 15.8. The van der Waals surface area contributed by atoms with Crippen molar-refractivity contribution in [2.75, 3.05) is 6.61 Å². The molecule has 6 heteroatoms. The van der Waals surface area contributed by atoms with E-state index < -0.39 is 8.07 Å². The van der Waals surface area contributed by atoms with Gasteiger partial charge in [-0.3, -0.25) is 4.98 Å². The predicted octanol–water partition coefficient (Wildman–Crippen LogP) is 3.81. The third-order valence-electron chi connectivity index (χ3n) is 3.74. The van der Waals surface area contributed by atoms with Gasteiger partial charge in [0.1, 0.15) is 18.7 Å². The van der Waals surface area contributed by atoms with E-state index in [2.05, 4.69) is 34.6 Å². The minimum absolute atomic E-state index is 0.529. The lowest BCUT2D eigenvalue weighted by Gasteiger charge is -2.15. The van der Waals surface area contributed by atoms with Gasteiger partial charge in [-0.2, -0.15) is 0 Å². The molecule has 0 spiro atoms. The smallest absolute Gasteiger partial charge is 0.145 e. The second kappa shape index (κ2) is 6.60. The Morgan fingerprint density at radius 3 is 2.61 bits per heavy atom. The van der Waals surface area contributed by atoms with Gasteiger partial charge >= 0.3 is 0 Å². The van der Waals surface area contributed by atoms with Crippen LogP contribution < -0.4 is 0 Å². The number of rotatable bonds is 6. The molecular formula is C17H22N4OSi. The van der Waals surface area contributed by atoms with Crippen molar-refractivity contribution < 1.29 is 4.74 Å². The van der Waals surface area contributed by atoms with E-state index in [9.17, 15) is 0 Å². The maximum Gasteiger partial charge on any atom is 0.145 e. The van der Waals surface area contributed by atoms with Crippen LogP contribution in [0.3, 0.4) is 0 Å². The molecule has 120 valence electrons. The van der Waals surface area contributed by atoms with E-state index in [0.717, 1.165) is 28.9 Å². The largest absolute Gasteiger partial charge is 0.361 e. The zero-order chi connectivity index (χ0) is 16.3. The van der Waals surface area contributed by atoms with Crippen molar-refractivity contribution in [2.45, 2.75) is 32.4 Å². The molecule has 0 saturated heterocycles. The minimum atomic E-state index is -1.05. The van der Waals surface area contributed by atoms with E-state index in [0.29, 0.717) is 6.73 Å². The second-order valence-corrected chi connectivity index (χ2v) is 12.5. The molecule has 0 aromatic carbocycles. The van der Waals surface area contributed by atoms with Crippen LogP contribution in [0.15, 0.2) is 43.1 Å². The number of aromatic nitrogens is 4. The van der Waals surface area contributed by atoms with Crippen LogP contribution in [0.2, 0.25) is 25.7 Å². The normalized spacial score (nSPS) is 12.0. The standard InChI is InChI=1S/C17H22N4OSi/c1-23(2,3)11-10-22-13-21-9-6-15-16(19-12-20-17(15)21)14-4-7-18-8-5-14/h4-9,12H,10-11,13H2,1-3H3. The molecule has 3 aromatic rings. The molecule has 3 rings (SSSR count). The van der Waals surface area contributed by atoms with Gasteiger partial charge in [-0.1, -0.05) is 19.6 Å². The second-order valence-electron chi connectivity index (χ2n) is 6.83. The summed E-state index contributed by atoms with van der Waals surface area (Å²) in [6.45, 7) is 8.40. The van der Waals surface area contributed by atoms with Crippen molar-refractivity contribution in [1.29, 1.82) is 0 Å². The van der Waals surface area contributed by atoms with E-state index in [1.54, 1.807) is 18.7 Å². The highest BCUT2D eigenvalue weighted by molar-refractivity contribution is 6.76. The van der Waals surface area contributed by atoms with Gasteiger partial charge in [-0.05, 0) is 24.2 Å². The molecule has 0 amide bonds. The molecule has 0 aliphatic carbocycles.